The van der Waals surface area contributed by atoms with Gasteiger partial charge in [0.15, 0.2) is 18.5 Å². The SMILES string of the molecule is CC1(C)S[C@@H]2C(NC(=O)C(OCc3ccccc3)c3ccccc3)C(=O)N2[C@H]1C(=O)OCC(=O)c1ccccc1. The molecule has 3 aromatic rings. The van der Waals surface area contributed by atoms with Crippen molar-refractivity contribution in [3.05, 3.63) is 108 Å². The second-order valence-corrected chi connectivity index (χ2v) is 12.0. The number of carbonyl (C=O) groups is 4. The first kappa shape index (κ1) is 27.6. The maximum absolute atomic E-state index is 13.4. The Bertz CT molecular complexity index is 1380. The van der Waals surface area contributed by atoms with Crippen molar-refractivity contribution in [2.75, 3.05) is 6.61 Å². The number of hydrogen-bond acceptors (Lipinski definition) is 7. The largest absolute Gasteiger partial charge is 0.456 e. The third-order valence-corrected chi connectivity index (χ3v) is 8.57. The number of fused-ring (bicyclic) bond motifs is 1. The minimum absolute atomic E-state index is 0.222. The lowest BCUT2D eigenvalue weighted by Crippen LogP contribution is -2.71. The third kappa shape index (κ3) is 5.66. The number of carbonyl (C=O) groups excluding carboxylic acids is 4. The number of Topliss-reactive ketones (excluding diaryl/α,β-unsaturated/α-hetero) is 1. The van der Waals surface area contributed by atoms with Crippen LogP contribution in [0.2, 0.25) is 0 Å². The van der Waals surface area contributed by atoms with Crippen LogP contribution in [0.5, 0.6) is 0 Å². The van der Waals surface area contributed by atoms with Crippen molar-refractivity contribution in [1.29, 1.82) is 0 Å². The fourth-order valence-corrected chi connectivity index (χ4v) is 6.60. The van der Waals surface area contributed by atoms with Gasteiger partial charge in [0.05, 0.1) is 6.61 Å². The highest BCUT2D eigenvalue weighted by Crippen LogP contribution is 2.51. The molecule has 9 heteroatoms. The molecular weight excluding hydrogens is 528 g/mol. The van der Waals surface area contributed by atoms with Gasteiger partial charge in [-0.2, -0.15) is 0 Å². The molecule has 206 valence electrons. The zero-order chi connectivity index (χ0) is 28.3. The summed E-state index contributed by atoms with van der Waals surface area (Å²) in [5, 5.41) is 2.41. The molecule has 8 nitrogen and oxygen atoms in total. The predicted molar refractivity (Wildman–Crippen MR) is 150 cm³/mol. The van der Waals surface area contributed by atoms with Crippen LogP contribution in [0.15, 0.2) is 91.0 Å². The molecule has 2 aliphatic rings. The number of amides is 2. The zero-order valence-corrected chi connectivity index (χ0v) is 23.0. The predicted octanol–water partition coefficient (Wildman–Crippen LogP) is 3.92. The average Bonchev–Trinajstić information content (AvgIpc) is 3.23. The van der Waals surface area contributed by atoms with Gasteiger partial charge in [0.2, 0.25) is 5.91 Å². The number of ketones is 1. The Morgan fingerprint density at radius 1 is 0.925 bits per heavy atom. The molecule has 0 aliphatic carbocycles. The number of nitrogens with zero attached hydrogens (tertiary/aromatic N) is 1. The lowest BCUT2D eigenvalue weighted by atomic mass is 9.95. The zero-order valence-electron chi connectivity index (χ0n) is 22.2. The van der Waals surface area contributed by atoms with Crippen molar-refractivity contribution in [3.8, 4) is 0 Å². The van der Waals surface area contributed by atoms with Crippen LogP contribution in [0, 0.1) is 0 Å². The Morgan fingerprint density at radius 3 is 2.17 bits per heavy atom. The molecule has 2 unspecified atom stereocenters. The Kier molecular flexibility index (Phi) is 8.04. The Hall–Kier alpha value is -3.95. The smallest absolute Gasteiger partial charge is 0.330 e. The highest BCUT2D eigenvalue weighted by atomic mass is 32.2. The van der Waals surface area contributed by atoms with Gasteiger partial charge in [0.1, 0.15) is 17.5 Å². The fraction of sp³-hybridized carbons (Fsp3) is 0.290. The second-order valence-electron chi connectivity index (χ2n) is 10.2. The Labute approximate surface area is 237 Å². The van der Waals surface area contributed by atoms with E-state index in [-0.39, 0.29) is 18.3 Å². The van der Waals surface area contributed by atoms with Gasteiger partial charge in [0.25, 0.3) is 5.91 Å². The van der Waals surface area contributed by atoms with Crippen molar-refractivity contribution in [1.82, 2.24) is 10.2 Å². The number of thioether (sulfide) groups is 1. The van der Waals surface area contributed by atoms with Gasteiger partial charge in [0, 0.05) is 10.3 Å². The summed E-state index contributed by atoms with van der Waals surface area (Å²) < 4.78 is 10.7. The molecule has 2 heterocycles. The van der Waals surface area contributed by atoms with E-state index < -0.39 is 46.8 Å². The molecule has 0 aromatic heterocycles. The topological polar surface area (TPSA) is 102 Å². The summed E-state index contributed by atoms with van der Waals surface area (Å²) >= 11 is 1.42. The van der Waals surface area contributed by atoms with Crippen LogP contribution in [0.4, 0.5) is 0 Å². The summed E-state index contributed by atoms with van der Waals surface area (Å²) in [6.45, 7) is 3.51. The van der Waals surface area contributed by atoms with Crippen molar-refractivity contribution >= 4 is 35.3 Å². The van der Waals surface area contributed by atoms with E-state index in [0.717, 1.165) is 5.56 Å². The molecular formula is C31H30N2O6S. The lowest BCUT2D eigenvalue weighted by molar-refractivity contribution is -0.164. The third-order valence-electron chi connectivity index (χ3n) is 7.00. The highest BCUT2D eigenvalue weighted by molar-refractivity contribution is 8.01. The van der Waals surface area contributed by atoms with Crippen molar-refractivity contribution in [2.45, 2.75) is 48.8 Å². The first-order chi connectivity index (χ1) is 19.3. The van der Waals surface area contributed by atoms with Crippen molar-refractivity contribution in [3.63, 3.8) is 0 Å². The van der Waals surface area contributed by atoms with Gasteiger partial charge in [-0.1, -0.05) is 91.0 Å². The number of rotatable bonds is 10. The van der Waals surface area contributed by atoms with Crippen LogP contribution in [-0.2, 0) is 30.5 Å². The molecule has 2 saturated heterocycles. The summed E-state index contributed by atoms with van der Waals surface area (Å²) in [7, 11) is 0. The normalized spacial score (nSPS) is 21.6. The maximum atomic E-state index is 13.4. The first-order valence-corrected chi connectivity index (χ1v) is 13.9. The Balaban J connectivity index is 1.24. The molecule has 0 bridgehead atoms. The molecule has 0 radical (unpaired) electrons. The molecule has 0 saturated carbocycles. The first-order valence-electron chi connectivity index (χ1n) is 13.0. The molecule has 2 aliphatic heterocycles. The fourth-order valence-electron chi connectivity index (χ4n) is 4.98. The van der Waals surface area contributed by atoms with Gasteiger partial charge in [-0.15, -0.1) is 11.8 Å². The second kappa shape index (κ2) is 11.7. The quantitative estimate of drug-likeness (QED) is 0.229. The summed E-state index contributed by atoms with van der Waals surface area (Å²) in [5.41, 5.74) is 2.03. The van der Waals surface area contributed by atoms with E-state index in [4.69, 9.17) is 9.47 Å². The summed E-state index contributed by atoms with van der Waals surface area (Å²) in [6, 6.07) is 25.5. The van der Waals surface area contributed by atoms with E-state index in [1.807, 2.05) is 62.4 Å². The van der Waals surface area contributed by atoms with Gasteiger partial charge in [-0.25, -0.2) is 4.79 Å². The van der Waals surface area contributed by atoms with Crippen LogP contribution in [-0.4, -0.2) is 57.3 Å². The van der Waals surface area contributed by atoms with Crippen LogP contribution in [0.1, 0.15) is 41.4 Å². The van der Waals surface area contributed by atoms with Gasteiger partial charge >= 0.3 is 5.97 Å². The molecule has 2 fully saturated rings. The molecule has 2 amide bonds. The molecule has 5 rings (SSSR count). The molecule has 40 heavy (non-hydrogen) atoms. The van der Waals surface area contributed by atoms with E-state index in [2.05, 4.69) is 5.32 Å². The monoisotopic (exact) mass is 558 g/mol. The number of hydrogen-bond donors (Lipinski definition) is 1. The van der Waals surface area contributed by atoms with Crippen LogP contribution in [0.25, 0.3) is 0 Å². The van der Waals surface area contributed by atoms with Crippen molar-refractivity contribution < 1.29 is 28.7 Å². The van der Waals surface area contributed by atoms with E-state index in [0.29, 0.717) is 11.1 Å². The highest BCUT2D eigenvalue weighted by Gasteiger charge is 2.64. The Morgan fingerprint density at radius 2 is 1.52 bits per heavy atom. The minimum Gasteiger partial charge on any atom is -0.456 e. The lowest BCUT2D eigenvalue weighted by Gasteiger charge is -2.44. The van der Waals surface area contributed by atoms with E-state index in [9.17, 15) is 19.2 Å². The number of esters is 1. The number of β-lactam (4-membered cyclic amide) rings is 1. The standard InChI is InChI=1S/C31H30N2O6S/c1-31(2)26(30(37)39-19-23(34)21-14-8-4-9-15-21)33-28(36)24(29(33)40-31)32-27(35)25(22-16-10-5-11-17-22)38-18-20-12-6-3-7-13-20/h3-17,24-26,29H,18-19H2,1-2H3,(H,32,35)/t24?,25?,26-,29+/m0/s1. The summed E-state index contributed by atoms with van der Waals surface area (Å²) in [6.07, 6.45) is -0.924. The van der Waals surface area contributed by atoms with Gasteiger partial charge in [-0.05, 0) is 25.0 Å². The van der Waals surface area contributed by atoms with Gasteiger partial charge in [-0.3, -0.25) is 14.4 Å². The summed E-state index contributed by atoms with van der Waals surface area (Å²) in [5.74, 6) is -1.77. The molecule has 3 aromatic carbocycles. The van der Waals surface area contributed by atoms with Gasteiger partial charge < -0.3 is 19.7 Å². The van der Waals surface area contributed by atoms with Crippen LogP contribution < -0.4 is 5.32 Å². The molecule has 4 atom stereocenters. The minimum atomic E-state index is -0.924. The summed E-state index contributed by atoms with van der Waals surface area (Å²) in [4.78, 5) is 53.7. The average molecular weight is 559 g/mol. The maximum Gasteiger partial charge on any atom is 0.330 e. The van der Waals surface area contributed by atoms with Crippen LogP contribution >= 0.6 is 11.8 Å². The molecule has 0 spiro atoms. The van der Waals surface area contributed by atoms with E-state index >= 15 is 0 Å². The van der Waals surface area contributed by atoms with Crippen LogP contribution in [0.3, 0.4) is 0 Å². The van der Waals surface area contributed by atoms with Crippen molar-refractivity contribution in [2.24, 2.45) is 0 Å². The van der Waals surface area contributed by atoms with E-state index in [1.54, 1.807) is 42.5 Å². The number of ether oxygens (including phenoxy) is 2. The number of nitrogens with one attached hydrogen (secondary N) is 1. The van der Waals surface area contributed by atoms with E-state index in [1.165, 1.54) is 16.7 Å². The molecule has 1 N–H and O–H groups in total. The number of benzene rings is 3.